The molecule has 1 aromatic carbocycles. The van der Waals surface area contributed by atoms with Gasteiger partial charge in [-0.2, -0.15) is 0 Å². The fourth-order valence-electron chi connectivity index (χ4n) is 2.10. The van der Waals surface area contributed by atoms with E-state index in [2.05, 4.69) is 26.5 Å². The molecule has 0 amide bonds. The van der Waals surface area contributed by atoms with Crippen molar-refractivity contribution in [3.63, 3.8) is 0 Å². The van der Waals surface area contributed by atoms with Crippen molar-refractivity contribution in [3.05, 3.63) is 59.9 Å². The molecule has 0 saturated carbocycles. The maximum Gasteiger partial charge on any atom is 0.133 e. The zero-order valence-electron chi connectivity index (χ0n) is 12.0. The molecule has 0 aliphatic rings. The van der Waals surface area contributed by atoms with E-state index in [9.17, 15) is 0 Å². The van der Waals surface area contributed by atoms with Gasteiger partial charge in [-0.3, -0.25) is 0 Å². The highest BCUT2D eigenvalue weighted by molar-refractivity contribution is 5.64. The monoisotopic (exact) mass is 280 g/mol. The summed E-state index contributed by atoms with van der Waals surface area (Å²) in [5.74, 6) is 1.58. The Hall–Kier alpha value is -2.69. The fraction of sp³-hybridized carbons (Fsp3) is 0.188. The maximum atomic E-state index is 5.05. The Balaban J connectivity index is 1.77. The van der Waals surface area contributed by atoms with Crippen LogP contribution in [0, 0.1) is 13.8 Å². The second-order valence-corrected chi connectivity index (χ2v) is 4.85. The minimum absolute atomic E-state index is 0.629. The highest BCUT2D eigenvalue weighted by Gasteiger charge is 2.03. The lowest BCUT2D eigenvalue weighted by atomic mass is 10.1. The van der Waals surface area contributed by atoms with Gasteiger partial charge in [0.2, 0.25) is 0 Å². The number of aromatic nitrogens is 3. The van der Waals surface area contributed by atoms with Crippen molar-refractivity contribution >= 4 is 5.69 Å². The van der Waals surface area contributed by atoms with E-state index in [-0.39, 0.29) is 0 Å². The van der Waals surface area contributed by atoms with Crippen molar-refractivity contribution < 1.29 is 4.52 Å². The molecule has 0 unspecified atom stereocenters. The molecule has 3 aromatic rings. The second kappa shape index (κ2) is 5.75. The first-order valence-electron chi connectivity index (χ1n) is 6.77. The highest BCUT2D eigenvalue weighted by atomic mass is 16.5. The largest absolute Gasteiger partial charge is 0.379 e. The summed E-state index contributed by atoms with van der Waals surface area (Å²) in [6, 6.07) is 12.0. The van der Waals surface area contributed by atoms with Crippen LogP contribution in [0.2, 0.25) is 0 Å². The summed E-state index contributed by atoms with van der Waals surface area (Å²) in [6.45, 7) is 4.40. The molecule has 5 heteroatoms. The molecule has 3 rings (SSSR count). The second-order valence-electron chi connectivity index (χ2n) is 4.85. The van der Waals surface area contributed by atoms with Crippen LogP contribution >= 0.6 is 0 Å². The topological polar surface area (TPSA) is 63.8 Å². The van der Waals surface area contributed by atoms with E-state index in [0.29, 0.717) is 6.54 Å². The van der Waals surface area contributed by atoms with E-state index in [1.807, 2.05) is 44.2 Å². The third-order valence-electron chi connectivity index (χ3n) is 3.08. The third-order valence-corrected chi connectivity index (χ3v) is 3.08. The lowest BCUT2D eigenvalue weighted by Gasteiger charge is -2.07. The van der Waals surface area contributed by atoms with Gasteiger partial charge in [-0.1, -0.05) is 17.3 Å². The number of hydrogen-bond donors (Lipinski definition) is 1. The molecule has 0 fully saturated rings. The molecule has 21 heavy (non-hydrogen) atoms. The molecule has 0 atom stereocenters. The van der Waals surface area contributed by atoms with Gasteiger partial charge in [0.25, 0.3) is 0 Å². The number of rotatable bonds is 4. The van der Waals surface area contributed by atoms with E-state index in [4.69, 9.17) is 4.52 Å². The van der Waals surface area contributed by atoms with Crippen molar-refractivity contribution in [2.45, 2.75) is 20.4 Å². The number of anilines is 1. The number of hydrogen-bond acceptors (Lipinski definition) is 5. The smallest absolute Gasteiger partial charge is 0.133 e. The SMILES string of the molecule is Cc1nccc(-c2cccc(NCc3cc(C)on3)c2)n1. The molecule has 0 spiro atoms. The number of nitrogens with one attached hydrogen (secondary N) is 1. The number of benzene rings is 1. The van der Waals surface area contributed by atoms with Crippen LogP contribution in [0.1, 0.15) is 17.3 Å². The first-order chi connectivity index (χ1) is 10.2. The number of nitrogens with zero attached hydrogens (tertiary/aromatic N) is 3. The van der Waals surface area contributed by atoms with Gasteiger partial charge in [-0.25, -0.2) is 9.97 Å². The summed E-state index contributed by atoms with van der Waals surface area (Å²) < 4.78 is 5.05. The van der Waals surface area contributed by atoms with Gasteiger partial charge >= 0.3 is 0 Å². The van der Waals surface area contributed by atoms with Crippen LogP contribution in [0.15, 0.2) is 47.1 Å². The summed E-state index contributed by atoms with van der Waals surface area (Å²) in [4.78, 5) is 8.56. The van der Waals surface area contributed by atoms with Crippen molar-refractivity contribution in [1.29, 1.82) is 0 Å². The van der Waals surface area contributed by atoms with E-state index >= 15 is 0 Å². The Morgan fingerprint density at radius 2 is 2.05 bits per heavy atom. The van der Waals surface area contributed by atoms with Gasteiger partial charge in [0.1, 0.15) is 17.3 Å². The normalized spacial score (nSPS) is 10.6. The zero-order chi connectivity index (χ0) is 14.7. The van der Waals surface area contributed by atoms with Gasteiger partial charge in [-0.05, 0) is 32.0 Å². The van der Waals surface area contributed by atoms with Crippen LogP contribution in [0.25, 0.3) is 11.3 Å². The Bertz CT molecular complexity index is 751. The van der Waals surface area contributed by atoms with E-state index in [0.717, 1.165) is 34.2 Å². The first kappa shape index (κ1) is 13.3. The van der Waals surface area contributed by atoms with Gasteiger partial charge in [-0.15, -0.1) is 0 Å². The summed E-state index contributed by atoms with van der Waals surface area (Å²) in [6.07, 6.45) is 1.77. The van der Waals surface area contributed by atoms with Crippen molar-refractivity contribution in [3.8, 4) is 11.3 Å². The molecule has 2 heterocycles. The molecule has 0 radical (unpaired) electrons. The Kier molecular flexibility index (Phi) is 3.64. The molecule has 5 nitrogen and oxygen atoms in total. The lowest BCUT2D eigenvalue weighted by Crippen LogP contribution is -1.99. The number of aryl methyl sites for hydroxylation is 2. The molecule has 0 aliphatic carbocycles. The van der Waals surface area contributed by atoms with Crippen molar-refractivity contribution in [2.24, 2.45) is 0 Å². The molecular weight excluding hydrogens is 264 g/mol. The van der Waals surface area contributed by atoms with Crippen LogP contribution in [-0.4, -0.2) is 15.1 Å². The summed E-state index contributed by atoms with van der Waals surface area (Å²) in [5, 5.41) is 7.30. The van der Waals surface area contributed by atoms with Crippen LogP contribution in [0.5, 0.6) is 0 Å². The van der Waals surface area contributed by atoms with Crippen molar-refractivity contribution in [1.82, 2.24) is 15.1 Å². The van der Waals surface area contributed by atoms with Gasteiger partial charge in [0, 0.05) is 23.5 Å². The van der Waals surface area contributed by atoms with Crippen LogP contribution in [0.3, 0.4) is 0 Å². The summed E-state index contributed by atoms with van der Waals surface area (Å²) in [7, 11) is 0. The quantitative estimate of drug-likeness (QED) is 0.794. The maximum absolute atomic E-state index is 5.05. The molecule has 0 aliphatic heterocycles. The molecule has 0 bridgehead atoms. The molecular formula is C16H16N4O. The van der Waals surface area contributed by atoms with Gasteiger partial charge in [0.15, 0.2) is 0 Å². The minimum atomic E-state index is 0.629. The predicted octanol–water partition coefficient (Wildman–Crippen LogP) is 3.36. The Labute approximate surface area is 123 Å². The van der Waals surface area contributed by atoms with Gasteiger partial charge in [0.05, 0.1) is 12.2 Å². The zero-order valence-corrected chi connectivity index (χ0v) is 12.0. The van der Waals surface area contributed by atoms with Crippen molar-refractivity contribution in [2.75, 3.05) is 5.32 Å². The van der Waals surface area contributed by atoms with E-state index in [1.165, 1.54) is 0 Å². The molecule has 2 aromatic heterocycles. The predicted molar refractivity (Wildman–Crippen MR) is 80.8 cm³/mol. The molecule has 106 valence electrons. The standard InChI is InChI=1S/C16H16N4O/c1-11-8-15(20-21-11)10-18-14-5-3-4-13(9-14)16-6-7-17-12(2)19-16/h3-9,18H,10H2,1-2H3. The van der Waals surface area contributed by atoms with Gasteiger partial charge < -0.3 is 9.84 Å². The first-order valence-corrected chi connectivity index (χ1v) is 6.77. The average Bonchev–Trinajstić information content (AvgIpc) is 2.91. The highest BCUT2D eigenvalue weighted by Crippen LogP contribution is 2.21. The Morgan fingerprint density at radius 1 is 1.14 bits per heavy atom. The van der Waals surface area contributed by atoms with Crippen LogP contribution in [0.4, 0.5) is 5.69 Å². The summed E-state index contributed by atoms with van der Waals surface area (Å²) in [5.41, 5.74) is 3.88. The summed E-state index contributed by atoms with van der Waals surface area (Å²) >= 11 is 0. The minimum Gasteiger partial charge on any atom is -0.379 e. The van der Waals surface area contributed by atoms with E-state index < -0.39 is 0 Å². The molecule has 1 N–H and O–H groups in total. The van der Waals surface area contributed by atoms with Crippen LogP contribution < -0.4 is 5.32 Å². The molecule has 0 saturated heterocycles. The average molecular weight is 280 g/mol. The fourth-order valence-corrected chi connectivity index (χ4v) is 2.10. The van der Waals surface area contributed by atoms with E-state index in [1.54, 1.807) is 6.20 Å². The lowest BCUT2D eigenvalue weighted by molar-refractivity contribution is 0.391. The Morgan fingerprint density at radius 3 is 2.81 bits per heavy atom. The third kappa shape index (κ3) is 3.25. The van der Waals surface area contributed by atoms with Crippen LogP contribution in [-0.2, 0) is 6.54 Å².